The Balaban J connectivity index is 2.22. The van der Waals surface area contributed by atoms with Gasteiger partial charge in [-0.1, -0.05) is 30.3 Å². The number of aliphatic hydroxyl groups excluding tert-OH is 1. The largest absolute Gasteiger partial charge is 0.394 e. The molecule has 0 fully saturated rings. The number of rotatable bonds is 4. The highest BCUT2D eigenvalue weighted by Gasteiger charge is 2.28. The maximum absolute atomic E-state index is 12.1. The molecule has 1 unspecified atom stereocenters. The number of nitrogen functional groups attached to an aromatic ring is 1. The van der Waals surface area contributed by atoms with Crippen LogP contribution in [0.4, 0.5) is 5.13 Å². The van der Waals surface area contributed by atoms with Gasteiger partial charge in [-0.3, -0.25) is 4.79 Å². The number of hydrogen-bond donors (Lipinski definition) is 3. The number of benzene rings is 1. The molecule has 19 heavy (non-hydrogen) atoms. The molecule has 0 radical (unpaired) electrons. The minimum absolute atomic E-state index is 0.206. The zero-order valence-electron chi connectivity index (χ0n) is 10.5. The molecule has 0 aliphatic carbocycles. The smallest absolute Gasteiger partial charge is 0.271 e. The maximum Gasteiger partial charge on any atom is 0.271 e. The zero-order valence-corrected chi connectivity index (χ0v) is 11.3. The standard InChI is InChI=1S/C13H15N3O2S/c1-13(8-17,9-5-3-2-4-6-9)16-11(18)10-7-19-12(14)15-10/h2-7,17H,8H2,1H3,(H2,14,15)(H,16,18). The van der Waals surface area contributed by atoms with Crippen LogP contribution in [0.25, 0.3) is 0 Å². The molecule has 1 atom stereocenters. The van der Waals surface area contributed by atoms with Crippen LogP contribution in [0.2, 0.25) is 0 Å². The van der Waals surface area contributed by atoms with E-state index in [0.717, 1.165) is 5.56 Å². The van der Waals surface area contributed by atoms with Crippen molar-refractivity contribution in [1.29, 1.82) is 0 Å². The second kappa shape index (κ2) is 5.38. The third kappa shape index (κ3) is 2.91. The van der Waals surface area contributed by atoms with E-state index < -0.39 is 5.54 Å². The number of aliphatic hydroxyl groups is 1. The molecule has 1 aromatic heterocycles. The lowest BCUT2D eigenvalue weighted by atomic mass is 9.93. The van der Waals surface area contributed by atoms with Crippen molar-refractivity contribution in [1.82, 2.24) is 10.3 Å². The summed E-state index contributed by atoms with van der Waals surface area (Å²) in [6, 6.07) is 9.30. The van der Waals surface area contributed by atoms with Gasteiger partial charge in [0, 0.05) is 5.38 Å². The number of thiazole rings is 1. The van der Waals surface area contributed by atoms with E-state index in [1.54, 1.807) is 12.3 Å². The molecule has 0 aliphatic rings. The number of carbonyl (C=O) groups is 1. The average Bonchev–Trinajstić information content (AvgIpc) is 2.86. The number of carbonyl (C=O) groups excluding carboxylic acids is 1. The Labute approximate surface area is 115 Å². The van der Waals surface area contributed by atoms with E-state index in [-0.39, 0.29) is 18.2 Å². The van der Waals surface area contributed by atoms with Gasteiger partial charge in [0.05, 0.1) is 12.1 Å². The fourth-order valence-corrected chi connectivity index (χ4v) is 2.26. The van der Waals surface area contributed by atoms with E-state index >= 15 is 0 Å². The van der Waals surface area contributed by atoms with Crippen molar-refractivity contribution in [3.63, 3.8) is 0 Å². The topological polar surface area (TPSA) is 88.2 Å². The fourth-order valence-electron chi connectivity index (χ4n) is 1.72. The Morgan fingerprint density at radius 3 is 2.68 bits per heavy atom. The summed E-state index contributed by atoms with van der Waals surface area (Å²) in [5.74, 6) is -0.353. The third-order valence-electron chi connectivity index (χ3n) is 2.87. The van der Waals surface area contributed by atoms with Crippen LogP contribution in [0.5, 0.6) is 0 Å². The quantitative estimate of drug-likeness (QED) is 0.787. The lowest BCUT2D eigenvalue weighted by Crippen LogP contribution is -2.46. The first-order valence-electron chi connectivity index (χ1n) is 5.75. The van der Waals surface area contributed by atoms with Crippen LogP contribution < -0.4 is 11.1 Å². The molecular formula is C13H15N3O2S. The molecule has 0 saturated heterocycles. The molecule has 0 saturated carbocycles. The maximum atomic E-state index is 12.1. The van der Waals surface area contributed by atoms with E-state index in [1.165, 1.54) is 11.3 Å². The van der Waals surface area contributed by atoms with Crippen molar-refractivity contribution in [2.75, 3.05) is 12.3 Å². The van der Waals surface area contributed by atoms with Gasteiger partial charge in [-0.25, -0.2) is 4.98 Å². The molecule has 5 nitrogen and oxygen atoms in total. The molecule has 2 aromatic rings. The SMILES string of the molecule is CC(CO)(NC(=O)c1csc(N)n1)c1ccccc1. The number of nitrogens with one attached hydrogen (secondary N) is 1. The number of amides is 1. The lowest BCUT2D eigenvalue weighted by molar-refractivity contribution is 0.0845. The average molecular weight is 277 g/mol. The van der Waals surface area contributed by atoms with E-state index in [0.29, 0.717) is 5.13 Å². The molecule has 1 amide bonds. The summed E-state index contributed by atoms with van der Waals surface area (Å²) in [5.41, 5.74) is 5.74. The van der Waals surface area contributed by atoms with E-state index in [2.05, 4.69) is 10.3 Å². The van der Waals surface area contributed by atoms with Gasteiger partial charge in [0.1, 0.15) is 5.69 Å². The van der Waals surface area contributed by atoms with Gasteiger partial charge in [-0.2, -0.15) is 0 Å². The molecular weight excluding hydrogens is 262 g/mol. The van der Waals surface area contributed by atoms with Crippen LogP contribution in [-0.4, -0.2) is 22.6 Å². The zero-order chi connectivity index (χ0) is 13.9. The van der Waals surface area contributed by atoms with Gasteiger partial charge in [-0.15, -0.1) is 11.3 Å². The third-order valence-corrected chi connectivity index (χ3v) is 3.55. The van der Waals surface area contributed by atoms with Gasteiger partial charge in [-0.05, 0) is 12.5 Å². The number of hydrogen-bond acceptors (Lipinski definition) is 5. The predicted octanol–water partition coefficient (Wildman–Crippen LogP) is 1.36. The number of nitrogens with zero attached hydrogens (tertiary/aromatic N) is 1. The van der Waals surface area contributed by atoms with Crippen LogP contribution in [-0.2, 0) is 5.54 Å². The monoisotopic (exact) mass is 277 g/mol. The normalized spacial score (nSPS) is 13.8. The first-order chi connectivity index (χ1) is 9.05. The van der Waals surface area contributed by atoms with Gasteiger partial charge in [0.2, 0.25) is 0 Å². The van der Waals surface area contributed by atoms with Crippen LogP contribution >= 0.6 is 11.3 Å². The van der Waals surface area contributed by atoms with Crippen molar-refractivity contribution in [3.05, 3.63) is 47.0 Å². The summed E-state index contributed by atoms with van der Waals surface area (Å²) in [7, 11) is 0. The first-order valence-corrected chi connectivity index (χ1v) is 6.63. The van der Waals surface area contributed by atoms with Crippen molar-refractivity contribution in [3.8, 4) is 0 Å². The van der Waals surface area contributed by atoms with Crippen molar-refractivity contribution < 1.29 is 9.90 Å². The first kappa shape index (κ1) is 13.5. The number of nitrogens with two attached hydrogens (primary N) is 1. The van der Waals surface area contributed by atoms with Crippen molar-refractivity contribution in [2.45, 2.75) is 12.5 Å². The summed E-state index contributed by atoms with van der Waals surface area (Å²) >= 11 is 1.21. The lowest BCUT2D eigenvalue weighted by Gasteiger charge is -2.29. The molecule has 1 aromatic carbocycles. The summed E-state index contributed by atoms with van der Waals surface area (Å²) in [6.45, 7) is 1.55. The molecule has 0 aliphatic heterocycles. The Kier molecular flexibility index (Phi) is 3.82. The van der Waals surface area contributed by atoms with Crippen LogP contribution in [0.15, 0.2) is 35.7 Å². The van der Waals surface area contributed by atoms with Gasteiger partial charge in [0.15, 0.2) is 5.13 Å². The molecule has 0 bridgehead atoms. The molecule has 1 heterocycles. The van der Waals surface area contributed by atoms with E-state index in [4.69, 9.17) is 5.73 Å². The minimum Gasteiger partial charge on any atom is -0.394 e. The highest BCUT2D eigenvalue weighted by Crippen LogP contribution is 2.21. The van der Waals surface area contributed by atoms with E-state index in [9.17, 15) is 9.90 Å². The molecule has 6 heteroatoms. The second-order valence-corrected chi connectivity index (χ2v) is 5.27. The minimum atomic E-state index is -0.850. The van der Waals surface area contributed by atoms with Gasteiger partial charge < -0.3 is 16.2 Å². The molecule has 4 N–H and O–H groups in total. The number of aromatic nitrogens is 1. The van der Waals surface area contributed by atoms with Crippen molar-refractivity contribution >= 4 is 22.4 Å². The van der Waals surface area contributed by atoms with Crippen LogP contribution in [0.1, 0.15) is 23.0 Å². The van der Waals surface area contributed by atoms with Crippen LogP contribution in [0.3, 0.4) is 0 Å². The Morgan fingerprint density at radius 2 is 2.16 bits per heavy atom. The Bertz CT molecular complexity index is 570. The molecule has 0 spiro atoms. The van der Waals surface area contributed by atoms with E-state index in [1.807, 2.05) is 30.3 Å². The van der Waals surface area contributed by atoms with Crippen LogP contribution in [0, 0.1) is 0 Å². The molecule has 100 valence electrons. The Hall–Kier alpha value is -1.92. The van der Waals surface area contributed by atoms with Gasteiger partial charge >= 0.3 is 0 Å². The summed E-state index contributed by atoms with van der Waals surface area (Å²) < 4.78 is 0. The molecule has 2 rings (SSSR count). The summed E-state index contributed by atoms with van der Waals surface area (Å²) in [4.78, 5) is 16.0. The summed E-state index contributed by atoms with van der Waals surface area (Å²) in [5, 5.41) is 14.3. The van der Waals surface area contributed by atoms with Crippen molar-refractivity contribution in [2.24, 2.45) is 0 Å². The van der Waals surface area contributed by atoms with Gasteiger partial charge in [0.25, 0.3) is 5.91 Å². The fraction of sp³-hybridized carbons (Fsp3) is 0.231. The summed E-state index contributed by atoms with van der Waals surface area (Å²) in [6.07, 6.45) is 0. The predicted molar refractivity (Wildman–Crippen MR) is 74.9 cm³/mol. The number of anilines is 1. The highest BCUT2D eigenvalue weighted by molar-refractivity contribution is 7.13. The Morgan fingerprint density at radius 1 is 1.47 bits per heavy atom. The second-order valence-electron chi connectivity index (χ2n) is 4.38. The highest BCUT2D eigenvalue weighted by atomic mass is 32.1.